The number of nitrogens with zero attached hydrogens (tertiary/aromatic N) is 3. The van der Waals surface area contributed by atoms with Crippen LogP contribution in [0.3, 0.4) is 0 Å². The molecule has 3 aliphatic rings. The van der Waals surface area contributed by atoms with Crippen LogP contribution in [-0.4, -0.2) is 20.6 Å². The molecule has 0 aromatic carbocycles. The molecule has 1 N–H and O–H groups in total. The molecule has 3 saturated carbocycles. The van der Waals surface area contributed by atoms with Crippen LogP contribution in [0.25, 0.3) is 5.65 Å². The van der Waals surface area contributed by atoms with Crippen LogP contribution in [-0.2, 0) is 0 Å². The summed E-state index contributed by atoms with van der Waals surface area (Å²) in [5, 5.41) is 8.11. The van der Waals surface area contributed by atoms with Crippen LogP contribution < -0.4 is 5.32 Å². The highest BCUT2D eigenvalue weighted by molar-refractivity contribution is 5.46. The molecule has 0 amide bonds. The average Bonchev–Trinajstić information content (AvgIpc) is 2.79. The molecule has 5 rings (SSSR count). The highest BCUT2D eigenvalue weighted by Crippen LogP contribution is 2.66. The zero-order valence-electron chi connectivity index (χ0n) is 11.1. The van der Waals surface area contributed by atoms with Crippen molar-refractivity contribution in [3.63, 3.8) is 0 Å². The summed E-state index contributed by atoms with van der Waals surface area (Å²) in [7, 11) is 0. The van der Waals surface area contributed by atoms with Crippen molar-refractivity contribution in [3.05, 3.63) is 23.9 Å². The summed E-state index contributed by atoms with van der Waals surface area (Å²) in [6.07, 6.45) is 6.40. The Kier molecular flexibility index (Phi) is 1.78. The topological polar surface area (TPSA) is 42.2 Å². The van der Waals surface area contributed by atoms with Crippen molar-refractivity contribution in [2.75, 3.05) is 5.32 Å². The molecule has 4 atom stereocenters. The van der Waals surface area contributed by atoms with Crippen molar-refractivity contribution in [1.82, 2.24) is 14.6 Å². The first-order chi connectivity index (χ1) is 9.29. The molecule has 98 valence electrons. The first-order valence-corrected chi connectivity index (χ1v) is 7.39. The molecule has 0 spiro atoms. The SMILES string of the molecule is Cc1ccn2nc(NC3C4C5CCC(C5)C34)nc2c1. The van der Waals surface area contributed by atoms with E-state index in [0.29, 0.717) is 6.04 Å². The van der Waals surface area contributed by atoms with Crippen molar-refractivity contribution < 1.29 is 0 Å². The molecule has 19 heavy (non-hydrogen) atoms. The van der Waals surface area contributed by atoms with Gasteiger partial charge in [0, 0.05) is 12.2 Å². The van der Waals surface area contributed by atoms with Gasteiger partial charge in [0.25, 0.3) is 0 Å². The predicted octanol–water partition coefficient (Wildman–Crippen LogP) is 2.49. The maximum atomic E-state index is 4.59. The first-order valence-electron chi connectivity index (χ1n) is 7.39. The van der Waals surface area contributed by atoms with Gasteiger partial charge in [-0.15, -0.1) is 5.10 Å². The van der Waals surface area contributed by atoms with E-state index in [2.05, 4.69) is 34.5 Å². The standard InChI is InChI=1S/C15H18N4/c1-8-4-5-19-11(6-8)16-15(18-19)17-14-12-9-2-3-10(7-9)13(12)14/h4-6,9-10,12-14H,2-3,7H2,1H3,(H,17,18). The second-order valence-corrected chi connectivity index (χ2v) is 6.60. The molecule has 0 aliphatic heterocycles. The number of nitrogens with one attached hydrogen (secondary N) is 1. The maximum absolute atomic E-state index is 4.59. The van der Waals surface area contributed by atoms with Crippen molar-refractivity contribution in [2.24, 2.45) is 23.7 Å². The highest BCUT2D eigenvalue weighted by atomic mass is 15.4. The Morgan fingerprint density at radius 3 is 2.84 bits per heavy atom. The number of anilines is 1. The Morgan fingerprint density at radius 2 is 2.05 bits per heavy atom. The van der Waals surface area contributed by atoms with Gasteiger partial charge in [-0.1, -0.05) is 0 Å². The van der Waals surface area contributed by atoms with Crippen molar-refractivity contribution in [1.29, 1.82) is 0 Å². The van der Waals surface area contributed by atoms with Crippen molar-refractivity contribution in [2.45, 2.75) is 32.2 Å². The van der Waals surface area contributed by atoms with Gasteiger partial charge in [0.05, 0.1) is 0 Å². The van der Waals surface area contributed by atoms with Gasteiger partial charge in [0.1, 0.15) is 0 Å². The molecular formula is C15H18N4. The van der Waals surface area contributed by atoms with Gasteiger partial charge in [0.15, 0.2) is 5.65 Å². The molecule has 0 saturated heterocycles. The minimum atomic E-state index is 0.657. The lowest BCUT2D eigenvalue weighted by atomic mass is 10.0. The third-order valence-corrected chi connectivity index (χ3v) is 5.52. The molecule has 4 heteroatoms. The van der Waals surface area contributed by atoms with E-state index in [9.17, 15) is 0 Å². The Hall–Kier alpha value is -1.58. The lowest BCUT2D eigenvalue weighted by Crippen LogP contribution is -2.13. The lowest BCUT2D eigenvalue weighted by molar-refractivity contribution is 0.456. The van der Waals surface area contributed by atoms with Crippen LogP contribution >= 0.6 is 0 Å². The minimum Gasteiger partial charge on any atom is -0.350 e. The normalized spacial score (nSPS) is 38.7. The molecule has 2 heterocycles. The fourth-order valence-corrected chi connectivity index (χ4v) is 4.71. The average molecular weight is 254 g/mol. The molecule has 3 aliphatic carbocycles. The lowest BCUT2D eigenvalue weighted by Gasteiger charge is -2.08. The molecule has 3 fully saturated rings. The van der Waals surface area contributed by atoms with Gasteiger partial charge in [0.2, 0.25) is 5.95 Å². The fourth-order valence-electron chi connectivity index (χ4n) is 4.71. The fraction of sp³-hybridized carbons (Fsp3) is 0.600. The van der Waals surface area contributed by atoms with Gasteiger partial charge < -0.3 is 5.32 Å². The molecule has 2 aromatic heterocycles. The number of aryl methyl sites for hydroxylation is 1. The number of hydrogen-bond acceptors (Lipinski definition) is 3. The minimum absolute atomic E-state index is 0.657. The van der Waals surface area contributed by atoms with Crippen LogP contribution in [0, 0.1) is 30.6 Å². The first kappa shape index (κ1) is 10.2. The summed E-state index contributed by atoms with van der Waals surface area (Å²) in [5.74, 6) is 4.64. The van der Waals surface area contributed by atoms with E-state index < -0.39 is 0 Å². The number of rotatable bonds is 2. The molecule has 4 unspecified atom stereocenters. The summed E-state index contributed by atoms with van der Waals surface area (Å²) in [5.41, 5.74) is 2.17. The third kappa shape index (κ3) is 1.34. The van der Waals surface area contributed by atoms with Crippen molar-refractivity contribution >= 4 is 11.6 Å². The summed E-state index contributed by atoms with van der Waals surface area (Å²) >= 11 is 0. The van der Waals surface area contributed by atoms with Crippen LogP contribution in [0.4, 0.5) is 5.95 Å². The summed E-state index contributed by atoms with van der Waals surface area (Å²) < 4.78 is 1.86. The third-order valence-electron chi connectivity index (χ3n) is 5.52. The second kappa shape index (κ2) is 3.30. The molecule has 4 nitrogen and oxygen atoms in total. The number of pyridine rings is 1. The van der Waals surface area contributed by atoms with Crippen LogP contribution in [0.1, 0.15) is 24.8 Å². The smallest absolute Gasteiger partial charge is 0.243 e. The molecular weight excluding hydrogens is 236 g/mol. The van der Waals surface area contributed by atoms with Gasteiger partial charge in [-0.25, -0.2) is 4.52 Å². The Labute approximate surface area is 112 Å². The van der Waals surface area contributed by atoms with Crippen LogP contribution in [0.5, 0.6) is 0 Å². The second-order valence-electron chi connectivity index (χ2n) is 6.60. The maximum Gasteiger partial charge on any atom is 0.243 e. The highest BCUT2D eigenvalue weighted by Gasteiger charge is 2.65. The predicted molar refractivity (Wildman–Crippen MR) is 72.9 cm³/mol. The molecule has 2 bridgehead atoms. The summed E-state index contributed by atoms with van der Waals surface area (Å²) in [6, 6.07) is 4.80. The van der Waals surface area contributed by atoms with E-state index in [-0.39, 0.29) is 0 Å². The number of aromatic nitrogens is 3. The zero-order valence-corrected chi connectivity index (χ0v) is 11.1. The zero-order chi connectivity index (χ0) is 12.6. The van der Waals surface area contributed by atoms with Gasteiger partial charge in [-0.2, -0.15) is 4.98 Å². The van der Waals surface area contributed by atoms with E-state index in [1.165, 1.54) is 24.8 Å². The van der Waals surface area contributed by atoms with E-state index in [1.807, 2.05) is 10.7 Å². The quantitative estimate of drug-likeness (QED) is 0.895. The Morgan fingerprint density at radius 1 is 1.26 bits per heavy atom. The van der Waals surface area contributed by atoms with Crippen LogP contribution in [0.15, 0.2) is 18.3 Å². The number of hydrogen-bond donors (Lipinski definition) is 1. The van der Waals surface area contributed by atoms with Crippen molar-refractivity contribution in [3.8, 4) is 0 Å². The van der Waals surface area contributed by atoms with E-state index >= 15 is 0 Å². The van der Waals surface area contributed by atoms with E-state index in [4.69, 9.17) is 0 Å². The largest absolute Gasteiger partial charge is 0.350 e. The molecule has 0 radical (unpaired) electrons. The number of fused-ring (bicyclic) bond motifs is 6. The summed E-state index contributed by atoms with van der Waals surface area (Å²) in [4.78, 5) is 4.59. The van der Waals surface area contributed by atoms with Gasteiger partial charge in [-0.05, 0) is 67.6 Å². The van der Waals surface area contributed by atoms with Crippen LogP contribution in [0.2, 0.25) is 0 Å². The van der Waals surface area contributed by atoms with E-state index in [1.54, 1.807) is 0 Å². The molecule has 2 aromatic rings. The van der Waals surface area contributed by atoms with E-state index in [0.717, 1.165) is 35.3 Å². The summed E-state index contributed by atoms with van der Waals surface area (Å²) in [6.45, 7) is 2.09. The Balaban J connectivity index is 1.41. The van der Waals surface area contributed by atoms with Gasteiger partial charge in [-0.3, -0.25) is 0 Å². The monoisotopic (exact) mass is 254 g/mol. The van der Waals surface area contributed by atoms with Gasteiger partial charge >= 0.3 is 0 Å². The Bertz CT molecular complexity index is 645.